The maximum absolute atomic E-state index is 13.1. The zero-order valence-corrected chi connectivity index (χ0v) is 19.1. The minimum atomic E-state index is -0.351. The van der Waals surface area contributed by atoms with Crippen LogP contribution < -0.4 is 16.2 Å². The Morgan fingerprint density at radius 3 is 2.50 bits per heavy atom. The summed E-state index contributed by atoms with van der Waals surface area (Å²) in [6, 6.07) is 12.9. The van der Waals surface area contributed by atoms with Gasteiger partial charge in [0.15, 0.2) is 0 Å². The van der Waals surface area contributed by atoms with Crippen LogP contribution >= 0.6 is 0 Å². The molecule has 1 aromatic heterocycles. The lowest BCUT2D eigenvalue weighted by molar-refractivity contribution is -0.121. The second-order valence-corrected chi connectivity index (χ2v) is 8.48. The van der Waals surface area contributed by atoms with Crippen molar-refractivity contribution in [2.45, 2.75) is 47.1 Å². The molecule has 0 radical (unpaired) electrons. The van der Waals surface area contributed by atoms with Gasteiger partial charge in [-0.25, -0.2) is 4.98 Å². The normalized spacial score (nSPS) is 11.0. The van der Waals surface area contributed by atoms with E-state index in [0.717, 1.165) is 11.1 Å². The average molecular weight is 435 g/mol. The number of nitrogens with one attached hydrogen (secondary N) is 2. The molecule has 0 spiro atoms. The number of aromatic nitrogens is 2. The molecule has 1 heterocycles. The van der Waals surface area contributed by atoms with Crippen molar-refractivity contribution in [1.82, 2.24) is 14.9 Å². The topological polar surface area (TPSA) is 93.1 Å². The number of fused-ring (bicyclic) bond motifs is 1. The first-order valence-electron chi connectivity index (χ1n) is 10.9. The number of carbonyl (C=O) groups is 2. The molecule has 0 fully saturated rings. The van der Waals surface area contributed by atoms with Crippen LogP contribution in [0.1, 0.15) is 37.1 Å². The van der Waals surface area contributed by atoms with Gasteiger partial charge in [0.25, 0.3) is 5.56 Å². The van der Waals surface area contributed by atoms with E-state index in [1.165, 1.54) is 4.57 Å². The number of para-hydroxylation sites is 2. The van der Waals surface area contributed by atoms with E-state index in [1.807, 2.05) is 52.0 Å². The standard InChI is InChI=1S/C25H30N4O3/c1-16(2)14-26-23(30)12-11-21-25(32)29(22-8-6-5-7-20(22)28-21)15-24(31)27-19-10-9-17(3)18(4)13-19/h5-10,13,16H,11-12,14-15H2,1-4H3,(H,26,30)(H,27,31). The predicted octanol–water partition coefficient (Wildman–Crippen LogP) is 3.36. The first-order chi connectivity index (χ1) is 15.2. The molecular formula is C25H30N4O3. The molecule has 168 valence electrons. The second kappa shape index (κ2) is 10.2. The fourth-order valence-corrected chi connectivity index (χ4v) is 3.37. The van der Waals surface area contributed by atoms with Crippen LogP contribution in [-0.4, -0.2) is 27.9 Å². The fourth-order valence-electron chi connectivity index (χ4n) is 3.37. The van der Waals surface area contributed by atoms with E-state index < -0.39 is 0 Å². The highest BCUT2D eigenvalue weighted by atomic mass is 16.2. The molecule has 7 heteroatoms. The smallest absolute Gasteiger partial charge is 0.273 e. The van der Waals surface area contributed by atoms with E-state index in [9.17, 15) is 14.4 Å². The molecule has 0 aliphatic heterocycles. The molecule has 32 heavy (non-hydrogen) atoms. The van der Waals surface area contributed by atoms with Crippen LogP contribution in [0.2, 0.25) is 0 Å². The first kappa shape index (κ1) is 23.2. The zero-order valence-electron chi connectivity index (χ0n) is 19.1. The molecule has 0 bridgehead atoms. The number of anilines is 1. The molecule has 7 nitrogen and oxygen atoms in total. The molecule has 0 saturated heterocycles. The van der Waals surface area contributed by atoms with Crippen molar-refractivity contribution < 1.29 is 9.59 Å². The first-order valence-corrected chi connectivity index (χ1v) is 10.9. The van der Waals surface area contributed by atoms with Crippen LogP contribution in [0, 0.1) is 19.8 Å². The van der Waals surface area contributed by atoms with Gasteiger partial charge in [0.1, 0.15) is 12.2 Å². The van der Waals surface area contributed by atoms with Gasteiger partial charge < -0.3 is 10.6 Å². The van der Waals surface area contributed by atoms with Crippen LogP contribution in [0.3, 0.4) is 0 Å². The molecule has 0 saturated carbocycles. The third-order valence-electron chi connectivity index (χ3n) is 5.31. The Morgan fingerprint density at radius 2 is 1.78 bits per heavy atom. The Bertz CT molecular complexity index is 1200. The Morgan fingerprint density at radius 1 is 1.03 bits per heavy atom. The van der Waals surface area contributed by atoms with Gasteiger partial charge in [-0.2, -0.15) is 0 Å². The van der Waals surface area contributed by atoms with E-state index in [1.54, 1.807) is 18.2 Å². The molecule has 2 amide bonds. The monoisotopic (exact) mass is 434 g/mol. The second-order valence-electron chi connectivity index (χ2n) is 8.48. The average Bonchev–Trinajstić information content (AvgIpc) is 2.75. The molecular weight excluding hydrogens is 404 g/mol. The molecule has 0 aliphatic carbocycles. The van der Waals surface area contributed by atoms with E-state index in [4.69, 9.17) is 0 Å². The van der Waals surface area contributed by atoms with Gasteiger partial charge in [-0.1, -0.05) is 32.0 Å². The largest absolute Gasteiger partial charge is 0.356 e. The van der Waals surface area contributed by atoms with Crippen LogP contribution in [0.4, 0.5) is 5.69 Å². The number of nitrogens with zero attached hydrogens (tertiary/aromatic N) is 2. The number of rotatable bonds is 8. The third-order valence-corrected chi connectivity index (χ3v) is 5.31. The summed E-state index contributed by atoms with van der Waals surface area (Å²) < 4.78 is 1.43. The Balaban J connectivity index is 1.82. The van der Waals surface area contributed by atoms with E-state index in [-0.39, 0.29) is 42.5 Å². The van der Waals surface area contributed by atoms with Gasteiger partial charge in [0.2, 0.25) is 11.8 Å². The number of hydrogen-bond acceptors (Lipinski definition) is 4. The quantitative estimate of drug-likeness (QED) is 0.569. The Labute approximate surface area is 187 Å². The minimum Gasteiger partial charge on any atom is -0.356 e. The van der Waals surface area contributed by atoms with Crippen molar-refractivity contribution in [3.05, 3.63) is 69.6 Å². The summed E-state index contributed by atoms with van der Waals surface area (Å²) in [7, 11) is 0. The fraction of sp³-hybridized carbons (Fsp3) is 0.360. The lowest BCUT2D eigenvalue weighted by Gasteiger charge is -2.13. The SMILES string of the molecule is Cc1ccc(NC(=O)Cn2c(=O)c(CCC(=O)NCC(C)C)nc3ccccc32)cc1C. The molecule has 3 rings (SSSR count). The summed E-state index contributed by atoms with van der Waals surface area (Å²) in [4.78, 5) is 42.5. The summed E-state index contributed by atoms with van der Waals surface area (Å²) in [5.41, 5.74) is 4.03. The van der Waals surface area contributed by atoms with Crippen molar-refractivity contribution in [3.8, 4) is 0 Å². The highest BCUT2D eigenvalue weighted by molar-refractivity contribution is 5.91. The summed E-state index contributed by atoms with van der Waals surface area (Å²) >= 11 is 0. The van der Waals surface area contributed by atoms with Crippen molar-refractivity contribution in [2.75, 3.05) is 11.9 Å². The van der Waals surface area contributed by atoms with Gasteiger partial charge in [0.05, 0.1) is 11.0 Å². The van der Waals surface area contributed by atoms with E-state index >= 15 is 0 Å². The summed E-state index contributed by atoms with van der Waals surface area (Å²) in [5, 5.41) is 5.72. The van der Waals surface area contributed by atoms with Gasteiger partial charge in [-0.3, -0.25) is 19.0 Å². The molecule has 2 N–H and O–H groups in total. The molecule has 3 aromatic rings. The van der Waals surface area contributed by atoms with Crippen LogP contribution in [0.15, 0.2) is 47.3 Å². The number of aryl methyl sites for hydroxylation is 3. The summed E-state index contributed by atoms with van der Waals surface area (Å²) in [6.07, 6.45) is 0.383. The van der Waals surface area contributed by atoms with Crippen molar-refractivity contribution in [2.24, 2.45) is 5.92 Å². The van der Waals surface area contributed by atoms with Gasteiger partial charge in [-0.05, 0) is 55.2 Å². The number of amides is 2. The van der Waals surface area contributed by atoms with Crippen LogP contribution in [0.5, 0.6) is 0 Å². The summed E-state index contributed by atoms with van der Waals surface area (Å²) in [5.74, 6) is -0.0646. The molecule has 0 aliphatic rings. The predicted molar refractivity (Wildman–Crippen MR) is 127 cm³/mol. The maximum Gasteiger partial charge on any atom is 0.273 e. The van der Waals surface area contributed by atoms with Crippen molar-refractivity contribution in [3.63, 3.8) is 0 Å². The lowest BCUT2D eigenvalue weighted by Crippen LogP contribution is -2.32. The van der Waals surface area contributed by atoms with Crippen LogP contribution in [-0.2, 0) is 22.6 Å². The molecule has 2 aromatic carbocycles. The minimum absolute atomic E-state index is 0.118. The molecule has 0 atom stereocenters. The third kappa shape index (κ3) is 5.81. The van der Waals surface area contributed by atoms with Crippen molar-refractivity contribution in [1.29, 1.82) is 0 Å². The Hall–Kier alpha value is -3.48. The zero-order chi connectivity index (χ0) is 23.3. The van der Waals surface area contributed by atoms with Gasteiger partial charge >= 0.3 is 0 Å². The highest BCUT2D eigenvalue weighted by Gasteiger charge is 2.15. The Kier molecular flexibility index (Phi) is 7.41. The van der Waals surface area contributed by atoms with Crippen LogP contribution in [0.25, 0.3) is 11.0 Å². The van der Waals surface area contributed by atoms with Gasteiger partial charge in [-0.15, -0.1) is 0 Å². The van der Waals surface area contributed by atoms with Crippen molar-refractivity contribution >= 4 is 28.5 Å². The highest BCUT2D eigenvalue weighted by Crippen LogP contribution is 2.15. The van der Waals surface area contributed by atoms with Gasteiger partial charge in [0, 0.05) is 25.1 Å². The number of hydrogen-bond donors (Lipinski definition) is 2. The van der Waals surface area contributed by atoms with E-state index in [2.05, 4.69) is 15.6 Å². The lowest BCUT2D eigenvalue weighted by atomic mass is 10.1. The number of carbonyl (C=O) groups excluding carboxylic acids is 2. The summed E-state index contributed by atoms with van der Waals surface area (Å²) in [6.45, 7) is 8.48. The molecule has 0 unspecified atom stereocenters. The maximum atomic E-state index is 13.1. The van der Waals surface area contributed by atoms with E-state index in [0.29, 0.717) is 29.2 Å². The number of benzene rings is 2.